The molecule has 2 aromatic carbocycles. The topological polar surface area (TPSA) is 29.5 Å². The third kappa shape index (κ3) is 2.01. The van der Waals surface area contributed by atoms with E-state index in [1.807, 2.05) is 0 Å². The molecule has 1 saturated heterocycles. The van der Waals surface area contributed by atoms with Gasteiger partial charge in [0.15, 0.2) is 0 Å². The smallest absolute Gasteiger partial charge is 0.0849 e. The molecule has 0 spiro atoms. The van der Waals surface area contributed by atoms with E-state index in [-0.39, 0.29) is 12.0 Å². The van der Waals surface area contributed by atoms with Gasteiger partial charge in [-0.3, -0.25) is 0 Å². The molecule has 1 aliphatic heterocycles. The molecule has 1 fully saturated rings. The van der Waals surface area contributed by atoms with E-state index in [0.29, 0.717) is 0 Å². The molecule has 0 saturated carbocycles. The number of aliphatic hydroxyl groups is 1. The molecule has 110 valence electrons. The monoisotopic (exact) mass is 282 g/mol. The van der Waals surface area contributed by atoms with Gasteiger partial charge in [0.05, 0.1) is 12.2 Å². The molecule has 2 aromatic rings. The van der Waals surface area contributed by atoms with Gasteiger partial charge < -0.3 is 9.84 Å². The Hall–Kier alpha value is -1.38. The van der Waals surface area contributed by atoms with E-state index in [1.165, 1.54) is 21.9 Å². The first kappa shape index (κ1) is 13.3. The molecular weight excluding hydrogens is 260 g/mol. The fourth-order valence-electron chi connectivity index (χ4n) is 4.20. The second-order valence-electron chi connectivity index (χ2n) is 6.37. The van der Waals surface area contributed by atoms with Crippen LogP contribution >= 0.6 is 0 Å². The van der Waals surface area contributed by atoms with E-state index in [0.717, 1.165) is 37.9 Å². The fraction of sp³-hybridized carbons (Fsp3) is 0.474. The van der Waals surface area contributed by atoms with Crippen molar-refractivity contribution in [3.8, 4) is 0 Å². The predicted molar refractivity (Wildman–Crippen MR) is 84.5 cm³/mol. The predicted octanol–water partition coefficient (Wildman–Crippen LogP) is 3.79. The van der Waals surface area contributed by atoms with Gasteiger partial charge in [-0.1, -0.05) is 37.3 Å². The molecule has 0 amide bonds. The Morgan fingerprint density at radius 1 is 1.19 bits per heavy atom. The molecular formula is C19H22O2. The first-order chi connectivity index (χ1) is 10.3. The number of hydrogen-bond acceptors (Lipinski definition) is 2. The van der Waals surface area contributed by atoms with Gasteiger partial charge in [-0.25, -0.2) is 0 Å². The van der Waals surface area contributed by atoms with E-state index < -0.39 is 6.10 Å². The molecule has 4 rings (SSSR count). The van der Waals surface area contributed by atoms with Crippen LogP contribution in [0.25, 0.3) is 10.8 Å². The molecule has 1 aliphatic carbocycles. The number of aryl methyl sites for hydroxylation is 2. The fourth-order valence-corrected chi connectivity index (χ4v) is 4.20. The summed E-state index contributed by atoms with van der Waals surface area (Å²) in [6.07, 6.45) is 3.99. The Morgan fingerprint density at radius 2 is 2.00 bits per heavy atom. The van der Waals surface area contributed by atoms with Crippen molar-refractivity contribution in [1.29, 1.82) is 0 Å². The largest absolute Gasteiger partial charge is 0.388 e. The first-order valence-electron chi connectivity index (χ1n) is 8.12. The molecule has 0 radical (unpaired) electrons. The Bertz CT molecular complexity index is 666. The number of aliphatic hydroxyl groups excluding tert-OH is 1. The second kappa shape index (κ2) is 5.11. The van der Waals surface area contributed by atoms with Crippen LogP contribution in [0.1, 0.15) is 42.6 Å². The number of rotatable bonds is 3. The maximum absolute atomic E-state index is 10.9. The highest BCUT2D eigenvalue weighted by molar-refractivity contribution is 5.93. The molecule has 2 heteroatoms. The molecule has 21 heavy (non-hydrogen) atoms. The van der Waals surface area contributed by atoms with Crippen LogP contribution in [0.15, 0.2) is 30.3 Å². The highest BCUT2D eigenvalue weighted by Crippen LogP contribution is 2.40. The van der Waals surface area contributed by atoms with Crippen LogP contribution in [0.2, 0.25) is 0 Å². The summed E-state index contributed by atoms with van der Waals surface area (Å²) in [5.74, 6) is 0.230. The molecule has 3 unspecified atom stereocenters. The third-order valence-electron chi connectivity index (χ3n) is 5.30. The molecule has 0 aromatic heterocycles. The van der Waals surface area contributed by atoms with Gasteiger partial charge >= 0.3 is 0 Å². The zero-order valence-corrected chi connectivity index (χ0v) is 12.5. The Balaban J connectivity index is 1.81. The van der Waals surface area contributed by atoms with Crippen LogP contribution in [0, 0.1) is 5.92 Å². The lowest BCUT2D eigenvalue weighted by molar-refractivity contribution is 0.0313. The molecule has 2 nitrogen and oxygen atoms in total. The van der Waals surface area contributed by atoms with Crippen LogP contribution in [0.5, 0.6) is 0 Å². The summed E-state index contributed by atoms with van der Waals surface area (Å²) in [5.41, 5.74) is 3.96. The summed E-state index contributed by atoms with van der Waals surface area (Å²) in [5, 5.41) is 13.6. The Labute approximate surface area is 125 Å². The minimum atomic E-state index is -0.414. The van der Waals surface area contributed by atoms with Crippen LogP contribution in [-0.2, 0) is 17.6 Å². The van der Waals surface area contributed by atoms with Gasteiger partial charge in [0, 0.05) is 12.5 Å². The summed E-state index contributed by atoms with van der Waals surface area (Å²) in [6.45, 7) is 2.92. The molecule has 0 bridgehead atoms. The maximum Gasteiger partial charge on any atom is 0.0849 e. The van der Waals surface area contributed by atoms with E-state index in [9.17, 15) is 5.11 Å². The van der Waals surface area contributed by atoms with E-state index in [4.69, 9.17) is 4.74 Å². The first-order valence-corrected chi connectivity index (χ1v) is 8.12. The summed E-state index contributed by atoms with van der Waals surface area (Å²) >= 11 is 0. The molecule has 1 N–H and O–H groups in total. The van der Waals surface area contributed by atoms with Gasteiger partial charge in [-0.05, 0) is 53.1 Å². The average molecular weight is 282 g/mol. The zero-order chi connectivity index (χ0) is 14.4. The number of benzene rings is 2. The van der Waals surface area contributed by atoms with Gasteiger partial charge in [-0.15, -0.1) is 0 Å². The summed E-state index contributed by atoms with van der Waals surface area (Å²) < 4.78 is 5.77. The minimum Gasteiger partial charge on any atom is -0.388 e. The van der Waals surface area contributed by atoms with Crippen LogP contribution in [-0.4, -0.2) is 17.8 Å². The molecule has 3 atom stereocenters. The number of hydrogen-bond donors (Lipinski definition) is 1. The highest BCUT2D eigenvalue weighted by Gasteiger charge is 2.34. The van der Waals surface area contributed by atoms with Crippen molar-refractivity contribution in [2.75, 3.05) is 6.61 Å². The van der Waals surface area contributed by atoms with Crippen molar-refractivity contribution in [3.05, 3.63) is 47.0 Å². The van der Waals surface area contributed by atoms with Crippen LogP contribution in [0.4, 0.5) is 0 Å². The van der Waals surface area contributed by atoms with Crippen molar-refractivity contribution in [1.82, 2.24) is 0 Å². The minimum absolute atomic E-state index is 0.197. The van der Waals surface area contributed by atoms with Crippen molar-refractivity contribution in [3.63, 3.8) is 0 Å². The molecule has 2 aliphatic rings. The standard InChI is InChI=1S/C19H22O2/c1-2-17-16(10-11-21-17)19(20)15-9-8-13-7-6-12-4-3-5-14(15)18(12)13/h3-5,8-9,16-17,19-20H,2,6-7,10-11H2,1H3. The van der Waals surface area contributed by atoms with Crippen molar-refractivity contribution in [2.45, 2.75) is 44.8 Å². The summed E-state index contributed by atoms with van der Waals surface area (Å²) in [6, 6.07) is 10.9. The average Bonchev–Trinajstić information content (AvgIpc) is 3.15. The zero-order valence-electron chi connectivity index (χ0n) is 12.5. The summed E-state index contributed by atoms with van der Waals surface area (Å²) in [7, 11) is 0. The SMILES string of the molecule is CCC1OCCC1C(O)c1ccc2c3c(cccc13)CC2. The quantitative estimate of drug-likeness (QED) is 0.928. The van der Waals surface area contributed by atoms with Gasteiger partial charge in [0.2, 0.25) is 0 Å². The lowest BCUT2D eigenvalue weighted by Gasteiger charge is -2.24. The van der Waals surface area contributed by atoms with Crippen LogP contribution in [0.3, 0.4) is 0 Å². The lowest BCUT2D eigenvalue weighted by Crippen LogP contribution is -2.22. The Kier molecular flexibility index (Phi) is 3.24. The maximum atomic E-state index is 10.9. The summed E-state index contributed by atoms with van der Waals surface area (Å²) in [4.78, 5) is 0. The van der Waals surface area contributed by atoms with Crippen molar-refractivity contribution >= 4 is 10.8 Å². The van der Waals surface area contributed by atoms with E-state index >= 15 is 0 Å². The highest BCUT2D eigenvalue weighted by atomic mass is 16.5. The van der Waals surface area contributed by atoms with Crippen molar-refractivity contribution < 1.29 is 9.84 Å². The Morgan fingerprint density at radius 3 is 2.81 bits per heavy atom. The van der Waals surface area contributed by atoms with Crippen molar-refractivity contribution in [2.24, 2.45) is 5.92 Å². The van der Waals surface area contributed by atoms with Gasteiger partial charge in [0.1, 0.15) is 0 Å². The van der Waals surface area contributed by atoms with Gasteiger partial charge in [0.25, 0.3) is 0 Å². The van der Waals surface area contributed by atoms with E-state index in [2.05, 4.69) is 37.3 Å². The van der Waals surface area contributed by atoms with Gasteiger partial charge in [-0.2, -0.15) is 0 Å². The molecule has 1 heterocycles. The lowest BCUT2D eigenvalue weighted by atomic mass is 9.86. The second-order valence-corrected chi connectivity index (χ2v) is 6.37. The normalized spacial score (nSPS) is 25.6. The van der Waals surface area contributed by atoms with E-state index in [1.54, 1.807) is 0 Å². The number of ether oxygens (including phenoxy) is 1. The van der Waals surface area contributed by atoms with Crippen LogP contribution < -0.4 is 0 Å². The third-order valence-corrected chi connectivity index (χ3v) is 5.30.